The van der Waals surface area contributed by atoms with Crippen LogP contribution < -0.4 is 10.1 Å². The van der Waals surface area contributed by atoms with E-state index < -0.39 is 24.8 Å². The average Bonchev–Trinajstić information content (AvgIpc) is 2.37. The lowest BCUT2D eigenvalue weighted by Gasteiger charge is -2.16. The molecule has 1 aromatic carbocycles. The molecule has 0 heterocycles. The number of carboxylic acid groups (broad SMARTS) is 1. The first-order valence-electron chi connectivity index (χ1n) is 6.17. The molecule has 0 radical (unpaired) electrons. The molecule has 1 amide bonds. The highest BCUT2D eigenvalue weighted by atomic mass is 19.4. The van der Waals surface area contributed by atoms with Gasteiger partial charge in [0.25, 0.3) is 0 Å². The Morgan fingerprint density at radius 3 is 2.36 bits per heavy atom. The van der Waals surface area contributed by atoms with E-state index in [0.29, 0.717) is 12.1 Å². The van der Waals surface area contributed by atoms with Crippen molar-refractivity contribution in [1.82, 2.24) is 10.2 Å². The van der Waals surface area contributed by atoms with Crippen LogP contribution in [0.2, 0.25) is 0 Å². The molecule has 122 valence electrons. The molecule has 0 spiro atoms. The number of carbonyl (C=O) groups excluding carboxylic acids is 1. The fourth-order valence-corrected chi connectivity index (χ4v) is 1.64. The Labute approximate surface area is 124 Å². The van der Waals surface area contributed by atoms with E-state index in [1.165, 1.54) is 24.3 Å². The van der Waals surface area contributed by atoms with Crippen molar-refractivity contribution in [3.8, 4) is 5.75 Å². The lowest BCUT2D eigenvalue weighted by atomic mass is 10.2. The SMILES string of the molecule is CN(CC(=O)NCC(=O)O)Cc1ccc(OC(F)(F)F)cc1. The molecule has 0 aliphatic rings. The molecule has 0 fully saturated rings. The quantitative estimate of drug-likeness (QED) is 0.790. The first-order chi connectivity index (χ1) is 10.2. The van der Waals surface area contributed by atoms with Gasteiger partial charge in [-0.2, -0.15) is 0 Å². The van der Waals surface area contributed by atoms with Crippen molar-refractivity contribution in [2.45, 2.75) is 12.9 Å². The molecule has 0 aliphatic carbocycles. The number of likely N-dealkylation sites (N-methyl/N-ethyl adjacent to an activating group) is 1. The van der Waals surface area contributed by atoms with Gasteiger partial charge in [0.15, 0.2) is 0 Å². The Balaban J connectivity index is 2.46. The monoisotopic (exact) mass is 320 g/mol. The van der Waals surface area contributed by atoms with Gasteiger partial charge in [-0.25, -0.2) is 0 Å². The number of rotatable bonds is 7. The van der Waals surface area contributed by atoms with Gasteiger partial charge in [-0.05, 0) is 24.7 Å². The molecule has 6 nitrogen and oxygen atoms in total. The van der Waals surface area contributed by atoms with Crippen LogP contribution in [0.25, 0.3) is 0 Å². The van der Waals surface area contributed by atoms with Gasteiger partial charge < -0.3 is 15.2 Å². The Morgan fingerprint density at radius 2 is 1.86 bits per heavy atom. The van der Waals surface area contributed by atoms with Crippen molar-refractivity contribution in [3.05, 3.63) is 29.8 Å². The summed E-state index contributed by atoms with van der Waals surface area (Å²) >= 11 is 0. The predicted octanol–water partition coefficient (Wildman–Crippen LogP) is 1.22. The molecule has 0 atom stereocenters. The number of amides is 1. The lowest BCUT2D eigenvalue weighted by molar-refractivity contribution is -0.274. The maximum absolute atomic E-state index is 12.0. The minimum atomic E-state index is -4.74. The van der Waals surface area contributed by atoms with Crippen molar-refractivity contribution in [1.29, 1.82) is 0 Å². The fraction of sp³-hybridized carbons (Fsp3) is 0.385. The number of hydrogen-bond acceptors (Lipinski definition) is 4. The molecule has 1 aromatic rings. The first kappa shape index (κ1) is 17.8. The van der Waals surface area contributed by atoms with Crippen LogP contribution in [-0.2, 0) is 16.1 Å². The standard InChI is InChI=1S/C13H15F3N2O4/c1-18(8-11(19)17-6-12(20)21)7-9-2-4-10(5-3-9)22-13(14,15)16/h2-5H,6-8H2,1H3,(H,17,19)(H,20,21). The van der Waals surface area contributed by atoms with Crippen LogP contribution >= 0.6 is 0 Å². The van der Waals surface area contributed by atoms with Crippen molar-refractivity contribution >= 4 is 11.9 Å². The highest BCUT2D eigenvalue weighted by molar-refractivity contribution is 5.82. The van der Waals surface area contributed by atoms with Crippen LogP contribution in [0, 0.1) is 0 Å². The van der Waals surface area contributed by atoms with Gasteiger partial charge in [-0.1, -0.05) is 12.1 Å². The number of ether oxygens (including phenoxy) is 1. The summed E-state index contributed by atoms with van der Waals surface area (Å²) in [7, 11) is 1.63. The summed E-state index contributed by atoms with van der Waals surface area (Å²) in [6.45, 7) is -0.184. The summed E-state index contributed by atoms with van der Waals surface area (Å²) in [6, 6.07) is 5.27. The molecular weight excluding hydrogens is 305 g/mol. The van der Waals surface area contributed by atoms with Gasteiger partial charge in [-0.15, -0.1) is 13.2 Å². The van der Waals surface area contributed by atoms with Crippen molar-refractivity contribution in [2.24, 2.45) is 0 Å². The van der Waals surface area contributed by atoms with Crippen LogP contribution in [0.5, 0.6) is 5.75 Å². The largest absolute Gasteiger partial charge is 0.573 e. The Kier molecular flexibility index (Phi) is 6.17. The van der Waals surface area contributed by atoms with E-state index >= 15 is 0 Å². The summed E-state index contributed by atoms with van der Waals surface area (Å²) in [5.74, 6) is -1.92. The van der Waals surface area contributed by atoms with Crippen molar-refractivity contribution in [2.75, 3.05) is 20.1 Å². The van der Waals surface area contributed by atoms with Gasteiger partial charge in [-0.3, -0.25) is 14.5 Å². The molecule has 1 rings (SSSR count). The summed E-state index contributed by atoms with van der Waals surface area (Å²) in [6.07, 6.45) is -4.74. The zero-order chi connectivity index (χ0) is 16.8. The molecular formula is C13H15F3N2O4. The van der Waals surface area contributed by atoms with E-state index in [9.17, 15) is 22.8 Å². The minimum Gasteiger partial charge on any atom is -0.480 e. The lowest BCUT2D eigenvalue weighted by Crippen LogP contribution is -2.37. The third-order valence-electron chi connectivity index (χ3n) is 2.46. The molecule has 0 saturated heterocycles. The average molecular weight is 320 g/mol. The van der Waals surface area contributed by atoms with Gasteiger partial charge >= 0.3 is 12.3 Å². The number of carboxylic acids is 1. The molecule has 0 aliphatic heterocycles. The minimum absolute atomic E-state index is 0.0336. The van der Waals surface area contributed by atoms with E-state index in [0.717, 1.165) is 0 Å². The topological polar surface area (TPSA) is 78.9 Å². The number of alkyl halides is 3. The van der Waals surface area contributed by atoms with Crippen LogP contribution in [-0.4, -0.2) is 48.4 Å². The van der Waals surface area contributed by atoms with Gasteiger partial charge in [0.05, 0.1) is 6.54 Å². The van der Waals surface area contributed by atoms with Gasteiger partial charge in [0.1, 0.15) is 12.3 Å². The molecule has 2 N–H and O–H groups in total. The molecule has 0 unspecified atom stereocenters. The zero-order valence-electron chi connectivity index (χ0n) is 11.7. The second-order valence-corrected chi connectivity index (χ2v) is 4.53. The molecule has 0 bridgehead atoms. The second kappa shape index (κ2) is 7.64. The number of nitrogens with zero attached hydrogens (tertiary/aromatic N) is 1. The Morgan fingerprint density at radius 1 is 1.27 bits per heavy atom. The Bertz CT molecular complexity index is 517. The van der Waals surface area contributed by atoms with Gasteiger partial charge in [0.2, 0.25) is 5.91 Å². The fourth-order valence-electron chi connectivity index (χ4n) is 1.64. The van der Waals surface area contributed by atoms with E-state index in [4.69, 9.17) is 5.11 Å². The number of carbonyl (C=O) groups is 2. The zero-order valence-corrected chi connectivity index (χ0v) is 11.7. The maximum atomic E-state index is 12.0. The highest BCUT2D eigenvalue weighted by Gasteiger charge is 2.30. The maximum Gasteiger partial charge on any atom is 0.573 e. The molecule has 9 heteroatoms. The van der Waals surface area contributed by atoms with Crippen LogP contribution in [0.1, 0.15) is 5.56 Å². The highest BCUT2D eigenvalue weighted by Crippen LogP contribution is 2.22. The van der Waals surface area contributed by atoms with E-state index in [1.807, 2.05) is 0 Å². The number of benzene rings is 1. The number of hydrogen-bond donors (Lipinski definition) is 2. The summed E-state index contributed by atoms with van der Waals surface area (Å²) in [4.78, 5) is 23.3. The van der Waals surface area contributed by atoms with Crippen LogP contribution in [0.15, 0.2) is 24.3 Å². The second-order valence-electron chi connectivity index (χ2n) is 4.53. The molecule has 0 saturated carbocycles. The molecule has 0 aromatic heterocycles. The third-order valence-corrected chi connectivity index (χ3v) is 2.46. The summed E-state index contributed by atoms with van der Waals surface area (Å²) in [5.41, 5.74) is 0.683. The Hall–Kier alpha value is -2.29. The molecule has 22 heavy (non-hydrogen) atoms. The van der Waals surface area contributed by atoms with E-state index in [1.54, 1.807) is 11.9 Å². The van der Waals surface area contributed by atoms with E-state index in [-0.39, 0.29) is 12.3 Å². The van der Waals surface area contributed by atoms with Crippen molar-refractivity contribution in [3.63, 3.8) is 0 Å². The van der Waals surface area contributed by atoms with E-state index in [2.05, 4.69) is 10.1 Å². The summed E-state index contributed by atoms with van der Waals surface area (Å²) in [5, 5.41) is 10.6. The van der Waals surface area contributed by atoms with Crippen LogP contribution in [0.3, 0.4) is 0 Å². The predicted molar refractivity (Wildman–Crippen MR) is 70.1 cm³/mol. The van der Waals surface area contributed by atoms with Crippen molar-refractivity contribution < 1.29 is 32.6 Å². The number of aliphatic carboxylic acids is 1. The first-order valence-corrected chi connectivity index (χ1v) is 6.17. The normalized spacial score (nSPS) is 11.3. The van der Waals surface area contributed by atoms with Gasteiger partial charge in [0, 0.05) is 6.54 Å². The van der Waals surface area contributed by atoms with Crippen LogP contribution in [0.4, 0.5) is 13.2 Å². The summed E-state index contributed by atoms with van der Waals surface area (Å²) < 4.78 is 39.8. The smallest absolute Gasteiger partial charge is 0.480 e. The number of halogens is 3. The number of nitrogens with one attached hydrogen (secondary N) is 1. The third kappa shape index (κ3) is 7.48.